The van der Waals surface area contributed by atoms with Gasteiger partial charge in [-0.1, -0.05) is 0 Å². The summed E-state index contributed by atoms with van der Waals surface area (Å²) in [5.74, 6) is 0.320. The second-order valence-corrected chi connectivity index (χ2v) is 7.93. The molecule has 0 aromatic carbocycles. The fourth-order valence-corrected chi connectivity index (χ4v) is 4.23. The van der Waals surface area contributed by atoms with Crippen molar-refractivity contribution in [2.75, 3.05) is 27.2 Å². The molecule has 0 aromatic heterocycles. The molecule has 1 aliphatic carbocycles. The highest BCUT2D eigenvalue weighted by atomic mass is 35.5. The Hall–Kier alpha value is -0.230. The molecule has 1 saturated carbocycles. The third-order valence-electron chi connectivity index (χ3n) is 5.08. The minimum absolute atomic E-state index is 0.00130. The van der Waals surface area contributed by atoms with Gasteiger partial charge >= 0.3 is 6.03 Å². The first-order valence-electron chi connectivity index (χ1n) is 7.99. The Morgan fingerprint density at radius 2 is 1.77 bits per heavy atom. The summed E-state index contributed by atoms with van der Waals surface area (Å²) < 4.78 is 0. The molecule has 1 saturated heterocycles. The molecule has 128 valence electrons. The molecular weight excluding hydrogens is 325 g/mol. The Labute approximate surface area is 142 Å². The van der Waals surface area contributed by atoms with Gasteiger partial charge in [-0.05, 0) is 31.6 Å². The van der Waals surface area contributed by atoms with E-state index in [1.54, 1.807) is 19.0 Å². The minimum atomic E-state index is -0.478. The van der Waals surface area contributed by atoms with Crippen molar-refractivity contribution in [2.45, 2.75) is 48.6 Å². The molecule has 5 unspecified atom stereocenters. The quantitative estimate of drug-likeness (QED) is 0.743. The Morgan fingerprint density at radius 3 is 2.32 bits per heavy atom. The van der Waals surface area contributed by atoms with Crippen LogP contribution in [0.2, 0.25) is 0 Å². The molecule has 22 heavy (non-hydrogen) atoms. The largest absolute Gasteiger partial charge is 0.393 e. The van der Waals surface area contributed by atoms with Crippen LogP contribution in [0.25, 0.3) is 0 Å². The number of amides is 2. The van der Waals surface area contributed by atoms with Gasteiger partial charge in [-0.25, -0.2) is 4.79 Å². The number of hydrogen-bond donors (Lipinski definition) is 2. The zero-order chi connectivity index (χ0) is 16.4. The summed E-state index contributed by atoms with van der Waals surface area (Å²) in [4.78, 5) is 15.4. The lowest BCUT2D eigenvalue weighted by atomic mass is 9.74. The average molecular weight is 352 g/mol. The maximum atomic E-state index is 12.0. The lowest BCUT2D eigenvalue weighted by Gasteiger charge is -2.42. The summed E-state index contributed by atoms with van der Waals surface area (Å²) in [7, 11) is 3.53. The van der Waals surface area contributed by atoms with E-state index < -0.39 is 6.10 Å². The molecule has 5 nitrogen and oxygen atoms in total. The number of rotatable bonds is 2. The number of carbonyl (C=O) groups is 1. The topological polar surface area (TPSA) is 69.8 Å². The number of piperidine rings is 1. The Balaban J connectivity index is 1.89. The van der Waals surface area contributed by atoms with E-state index >= 15 is 0 Å². The smallest absolute Gasteiger partial charge is 0.319 e. The fourth-order valence-electron chi connectivity index (χ4n) is 3.64. The van der Waals surface area contributed by atoms with Crippen LogP contribution in [0.4, 0.5) is 4.79 Å². The van der Waals surface area contributed by atoms with Gasteiger partial charge in [0.2, 0.25) is 0 Å². The van der Waals surface area contributed by atoms with Crippen LogP contribution in [0, 0.1) is 11.8 Å². The SMILES string of the molecule is CN(C)C(=O)N1CCC(C(N)C2CC(Cl)C(Cl)CC2O)CC1. The van der Waals surface area contributed by atoms with Crippen LogP contribution in [0.3, 0.4) is 0 Å². The highest BCUT2D eigenvalue weighted by Gasteiger charge is 2.40. The van der Waals surface area contributed by atoms with Crippen LogP contribution in [0.15, 0.2) is 0 Å². The van der Waals surface area contributed by atoms with E-state index in [-0.39, 0.29) is 28.7 Å². The number of urea groups is 1. The van der Waals surface area contributed by atoms with E-state index in [1.807, 2.05) is 4.90 Å². The molecule has 2 aliphatic rings. The van der Waals surface area contributed by atoms with Crippen LogP contribution in [0.1, 0.15) is 25.7 Å². The average Bonchev–Trinajstić information content (AvgIpc) is 2.49. The molecule has 0 bridgehead atoms. The second kappa shape index (κ2) is 7.56. The third kappa shape index (κ3) is 3.99. The number of hydrogen-bond acceptors (Lipinski definition) is 3. The van der Waals surface area contributed by atoms with Crippen LogP contribution in [0.5, 0.6) is 0 Å². The number of nitrogens with zero attached hydrogens (tertiary/aromatic N) is 2. The van der Waals surface area contributed by atoms with Crippen molar-refractivity contribution in [1.29, 1.82) is 0 Å². The third-order valence-corrected chi connectivity index (χ3v) is 6.18. The zero-order valence-corrected chi connectivity index (χ0v) is 14.8. The molecule has 2 amide bonds. The van der Waals surface area contributed by atoms with Crippen molar-refractivity contribution < 1.29 is 9.90 Å². The van der Waals surface area contributed by atoms with E-state index in [1.165, 1.54) is 0 Å². The first-order valence-corrected chi connectivity index (χ1v) is 8.86. The van der Waals surface area contributed by atoms with Gasteiger partial charge in [-0.2, -0.15) is 0 Å². The van der Waals surface area contributed by atoms with Crippen LogP contribution >= 0.6 is 23.2 Å². The van der Waals surface area contributed by atoms with Crippen molar-refractivity contribution in [3.8, 4) is 0 Å². The molecule has 0 radical (unpaired) electrons. The maximum absolute atomic E-state index is 12.0. The van der Waals surface area contributed by atoms with Gasteiger partial charge in [0.15, 0.2) is 0 Å². The summed E-state index contributed by atoms with van der Waals surface area (Å²) in [6.45, 7) is 1.45. The van der Waals surface area contributed by atoms with Crippen molar-refractivity contribution >= 4 is 29.2 Å². The number of aliphatic hydroxyl groups is 1. The number of nitrogens with two attached hydrogens (primary N) is 1. The normalized spacial score (nSPS) is 35.3. The summed E-state index contributed by atoms with van der Waals surface area (Å²) >= 11 is 12.4. The predicted octanol–water partition coefficient (Wildman–Crippen LogP) is 1.69. The molecule has 1 aliphatic heterocycles. The molecule has 2 fully saturated rings. The minimum Gasteiger partial charge on any atom is -0.393 e. The Morgan fingerprint density at radius 1 is 1.23 bits per heavy atom. The molecule has 0 spiro atoms. The first-order chi connectivity index (χ1) is 10.3. The molecule has 0 aromatic rings. The van der Waals surface area contributed by atoms with Gasteiger partial charge in [0.25, 0.3) is 0 Å². The van der Waals surface area contributed by atoms with Crippen molar-refractivity contribution in [3.05, 3.63) is 0 Å². The number of aliphatic hydroxyl groups excluding tert-OH is 1. The predicted molar refractivity (Wildman–Crippen MR) is 89.4 cm³/mol. The van der Waals surface area contributed by atoms with Crippen LogP contribution < -0.4 is 5.73 Å². The van der Waals surface area contributed by atoms with Crippen LogP contribution in [-0.2, 0) is 0 Å². The van der Waals surface area contributed by atoms with Gasteiger partial charge in [0.1, 0.15) is 0 Å². The van der Waals surface area contributed by atoms with Gasteiger partial charge in [-0.15, -0.1) is 23.2 Å². The molecule has 1 heterocycles. The van der Waals surface area contributed by atoms with Crippen LogP contribution in [-0.4, -0.2) is 71.0 Å². The summed E-state index contributed by atoms with van der Waals surface area (Å²) in [6.07, 6.45) is 2.44. The maximum Gasteiger partial charge on any atom is 0.319 e. The van der Waals surface area contributed by atoms with Crippen molar-refractivity contribution in [1.82, 2.24) is 9.80 Å². The van der Waals surface area contributed by atoms with Gasteiger partial charge in [-0.3, -0.25) is 0 Å². The monoisotopic (exact) mass is 351 g/mol. The van der Waals surface area contributed by atoms with Gasteiger partial charge in [0, 0.05) is 39.1 Å². The number of halogens is 2. The van der Waals surface area contributed by atoms with E-state index in [9.17, 15) is 9.90 Å². The molecule has 2 rings (SSSR count). The lowest BCUT2D eigenvalue weighted by Crippen LogP contribution is -2.52. The first kappa shape index (κ1) is 18.1. The number of alkyl halides is 2. The molecular formula is C15H27Cl2N3O2. The highest BCUT2D eigenvalue weighted by Crippen LogP contribution is 2.36. The van der Waals surface area contributed by atoms with E-state index in [0.717, 1.165) is 25.9 Å². The Bertz CT molecular complexity index is 389. The highest BCUT2D eigenvalue weighted by molar-refractivity contribution is 6.30. The Kier molecular flexibility index (Phi) is 6.22. The lowest BCUT2D eigenvalue weighted by molar-refractivity contribution is 0.0371. The summed E-state index contributed by atoms with van der Waals surface area (Å²) in [5.41, 5.74) is 6.43. The summed E-state index contributed by atoms with van der Waals surface area (Å²) in [6, 6.07) is -0.0347. The second-order valence-electron chi connectivity index (χ2n) is 6.81. The zero-order valence-electron chi connectivity index (χ0n) is 13.3. The standard InChI is InChI=1S/C15H27Cl2N3O2/c1-19(2)15(22)20-5-3-9(4-6-20)14(18)10-7-11(16)12(17)8-13(10)21/h9-14,21H,3-8,18H2,1-2H3. The van der Waals surface area contributed by atoms with Gasteiger partial charge < -0.3 is 20.6 Å². The summed E-state index contributed by atoms with van der Waals surface area (Å²) in [5, 5.41) is 9.97. The number of carbonyl (C=O) groups excluding carboxylic acids is 1. The van der Waals surface area contributed by atoms with Crippen molar-refractivity contribution in [3.63, 3.8) is 0 Å². The van der Waals surface area contributed by atoms with E-state index in [2.05, 4.69) is 0 Å². The molecule has 3 N–H and O–H groups in total. The van der Waals surface area contributed by atoms with E-state index in [4.69, 9.17) is 28.9 Å². The fraction of sp³-hybridized carbons (Fsp3) is 0.933. The molecule has 5 atom stereocenters. The van der Waals surface area contributed by atoms with E-state index in [0.29, 0.717) is 18.8 Å². The number of likely N-dealkylation sites (tertiary alicyclic amines) is 1. The van der Waals surface area contributed by atoms with Gasteiger partial charge in [0.05, 0.1) is 16.9 Å². The van der Waals surface area contributed by atoms with Crippen molar-refractivity contribution in [2.24, 2.45) is 17.6 Å². The molecule has 7 heteroatoms.